The highest BCUT2D eigenvalue weighted by atomic mass is 16.6. The van der Waals surface area contributed by atoms with Crippen LogP contribution in [0, 0.1) is 22.7 Å². The summed E-state index contributed by atoms with van der Waals surface area (Å²) in [5.74, 6) is -3.19. The van der Waals surface area contributed by atoms with Gasteiger partial charge in [-0.1, -0.05) is 51.1 Å². The summed E-state index contributed by atoms with van der Waals surface area (Å²) in [5.41, 5.74) is -0.638. The lowest BCUT2D eigenvalue weighted by atomic mass is 9.48. The van der Waals surface area contributed by atoms with Crippen LogP contribution in [0.2, 0.25) is 0 Å². The molecule has 3 fully saturated rings. The lowest BCUT2D eigenvalue weighted by Gasteiger charge is -2.60. The number of aliphatic hydroxyl groups is 1. The highest BCUT2D eigenvalue weighted by molar-refractivity contribution is 5.87. The second-order valence-corrected chi connectivity index (χ2v) is 13.7. The summed E-state index contributed by atoms with van der Waals surface area (Å²) in [7, 11) is 0. The van der Waals surface area contributed by atoms with Gasteiger partial charge >= 0.3 is 23.9 Å². The lowest BCUT2D eigenvalue weighted by Crippen LogP contribution is -2.68. The fourth-order valence-electron chi connectivity index (χ4n) is 8.54. The Labute approximate surface area is 264 Å². The standard InChI is InChI=1S/C35H44O10/c1-19-25(42-20(2)36)17-24-29(43-21(3)37)31-34(7,32(40)30(44-22(4)38)28(19)33(24,5)6)16-15-26(35(31)18-41-35)45-27(39)14-13-23-11-9-8-10-12-23/h8-14,24-26,29-32,40H,15-18H2,1-7H3/b14-13+/t24-,25-,26-,29+,30+,31-,32-,34+,35-/m0/s1. The maximum Gasteiger partial charge on any atom is 0.331 e. The Morgan fingerprint density at radius 1 is 0.933 bits per heavy atom. The predicted molar refractivity (Wildman–Crippen MR) is 162 cm³/mol. The van der Waals surface area contributed by atoms with Gasteiger partial charge in [0.15, 0.2) is 6.10 Å². The number of rotatable bonds is 6. The Morgan fingerprint density at radius 3 is 2.13 bits per heavy atom. The smallest absolute Gasteiger partial charge is 0.331 e. The number of carbonyl (C=O) groups is 4. The molecule has 9 atom stereocenters. The molecule has 1 aromatic rings. The van der Waals surface area contributed by atoms with Gasteiger partial charge in [-0.05, 0) is 54.4 Å². The fourth-order valence-corrected chi connectivity index (χ4v) is 8.54. The third-order valence-electron chi connectivity index (χ3n) is 10.5. The number of epoxide rings is 1. The van der Waals surface area contributed by atoms with Gasteiger partial charge < -0.3 is 28.8 Å². The molecule has 4 aliphatic rings. The number of fused-ring (bicyclic) bond motifs is 4. The molecule has 244 valence electrons. The maximum absolute atomic E-state index is 13.1. The summed E-state index contributed by atoms with van der Waals surface area (Å²) in [4.78, 5) is 50.7. The van der Waals surface area contributed by atoms with Crippen molar-refractivity contribution < 1.29 is 48.0 Å². The monoisotopic (exact) mass is 624 g/mol. The summed E-state index contributed by atoms with van der Waals surface area (Å²) in [6, 6.07) is 9.39. The van der Waals surface area contributed by atoms with Gasteiger partial charge in [-0.25, -0.2) is 4.79 Å². The number of hydrogen-bond acceptors (Lipinski definition) is 10. The molecule has 10 nitrogen and oxygen atoms in total. The van der Waals surface area contributed by atoms with E-state index in [0.29, 0.717) is 30.4 Å². The van der Waals surface area contributed by atoms with Crippen LogP contribution in [0.15, 0.2) is 47.6 Å². The summed E-state index contributed by atoms with van der Waals surface area (Å²) < 4.78 is 30.2. The first-order valence-electron chi connectivity index (χ1n) is 15.6. The van der Waals surface area contributed by atoms with Crippen molar-refractivity contribution >= 4 is 30.0 Å². The molecular weight excluding hydrogens is 580 g/mol. The molecule has 1 aromatic carbocycles. The van der Waals surface area contributed by atoms with Crippen LogP contribution in [0.3, 0.4) is 0 Å². The Morgan fingerprint density at radius 2 is 1.56 bits per heavy atom. The topological polar surface area (TPSA) is 138 Å². The number of esters is 4. The van der Waals surface area contributed by atoms with Gasteiger partial charge in [-0.2, -0.15) is 0 Å². The third kappa shape index (κ3) is 5.94. The molecule has 0 radical (unpaired) electrons. The van der Waals surface area contributed by atoms with Crippen LogP contribution in [-0.4, -0.2) is 71.7 Å². The molecule has 2 saturated carbocycles. The highest BCUT2D eigenvalue weighted by Crippen LogP contribution is 2.65. The second-order valence-electron chi connectivity index (χ2n) is 13.7. The van der Waals surface area contributed by atoms with Crippen LogP contribution < -0.4 is 0 Å². The van der Waals surface area contributed by atoms with Crippen LogP contribution >= 0.6 is 0 Å². The van der Waals surface area contributed by atoms with E-state index >= 15 is 0 Å². The summed E-state index contributed by atoms with van der Waals surface area (Å²) in [6.07, 6.45) is -0.391. The molecule has 1 spiro atoms. The van der Waals surface area contributed by atoms with E-state index in [1.807, 2.05) is 58.0 Å². The minimum atomic E-state index is -1.25. The summed E-state index contributed by atoms with van der Waals surface area (Å²) in [6.45, 7) is 11.9. The first kappa shape index (κ1) is 32.9. The van der Waals surface area contributed by atoms with E-state index in [0.717, 1.165) is 5.56 Å². The van der Waals surface area contributed by atoms with E-state index < -0.39 is 82.7 Å². The van der Waals surface area contributed by atoms with Crippen molar-refractivity contribution in [2.75, 3.05) is 6.61 Å². The summed E-state index contributed by atoms with van der Waals surface area (Å²) in [5, 5.41) is 12.4. The van der Waals surface area contributed by atoms with Crippen LogP contribution in [-0.2, 0) is 42.9 Å². The van der Waals surface area contributed by atoms with Crippen molar-refractivity contribution in [3.8, 4) is 0 Å². The molecule has 1 heterocycles. The average molecular weight is 625 g/mol. The highest BCUT2D eigenvalue weighted by Gasteiger charge is 2.74. The van der Waals surface area contributed by atoms with Gasteiger partial charge in [0, 0.05) is 44.1 Å². The number of aliphatic hydroxyl groups excluding tert-OH is 1. The second kappa shape index (κ2) is 12.0. The molecule has 0 aromatic heterocycles. The molecule has 0 amide bonds. The van der Waals surface area contributed by atoms with Crippen molar-refractivity contribution in [1.82, 2.24) is 0 Å². The minimum Gasteiger partial charge on any atom is -0.462 e. The van der Waals surface area contributed by atoms with Crippen LogP contribution in [0.4, 0.5) is 0 Å². The van der Waals surface area contributed by atoms with Gasteiger partial charge in [0.1, 0.15) is 30.0 Å². The van der Waals surface area contributed by atoms with Crippen molar-refractivity contribution in [2.24, 2.45) is 22.7 Å². The molecule has 10 heteroatoms. The Hall–Kier alpha value is -3.50. The average Bonchev–Trinajstić information content (AvgIpc) is 3.74. The molecule has 1 N–H and O–H groups in total. The Bertz CT molecular complexity index is 1410. The van der Waals surface area contributed by atoms with Gasteiger partial charge in [0.2, 0.25) is 0 Å². The zero-order valence-electron chi connectivity index (χ0n) is 27.0. The van der Waals surface area contributed by atoms with E-state index in [4.69, 9.17) is 23.7 Å². The molecule has 5 rings (SSSR count). The van der Waals surface area contributed by atoms with E-state index in [9.17, 15) is 24.3 Å². The van der Waals surface area contributed by atoms with Gasteiger partial charge in [-0.15, -0.1) is 0 Å². The largest absolute Gasteiger partial charge is 0.462 e. The van der Waals surface area contributed by atoms with Gasteiger partial charge in [0.25, 0.3) is 0 Å². The van der Waals surface area contributed by atoms with Crippen molar-refractivity contribution in [1.29, 1.82) is 0 Å². The van der Waals surface area contributed by atoms with Crippen LogP contribution in [0.5, 0.6) is 0 Å². The number of benzene rings is 1. The van der Waals surface area contributed by atoms with E-state index in [2.05, 4.69) is 0 Å². The van der Waals surface area contributed by atoms with E-state index in [-0.39, 0.29) is 6.61 Å². The molecule has 2 bridgehead atoms. The zero-order chi connectivity index (χ0) is 32.9. The van der Waals surface area contributed by atoms with Gasteiger partial charge in [-0.3, -0.25) is 14.4 Å². The normalized spacial score (nSPS) is 36.8. The first-order valence-corrected chi connectivity index (χ1v) is 15.6. The van der Waals surface area contributed by atoms with Crippen LogP contribution in [0.25, 0.3) is 6.08 Å². The van der Waals surface area contributed by atoms with Crippen molar-refractivity contribution in [2.45, 2.75) is 104 Å². The number of carbonyl (C=O) groups excluding carboxylic acids is 4. The third-order valence-corrected chi connectivity index (χ3v) is 10.5. The minimum absolute atomic E-state index is 0.221. The molecule has 1 aliphatic heterocycles. The molecule has 3 aliphatic carbocycles. The maximum atomic E-state index is 13.1. The van der Waals surface area contributed by atoms with Gasteiger partial charge in [0.05, 0.1) is 6.61 Å². The Balaban J connectivity index is 1.62. The lowest BCUT2D eigenvalue weighted by molar-refractivity contribution is -0.222. The molecular formula is C35H44O10. The predicted octanol–water partition coefficient (Wildman–Crippen LogP) is 4.33. The number of ether oxygens (including phenoxy) is 5. The van der Waals surface area contributed by atoms with E-state index in [1.165, 1.54) is 26.8 Å². The SMILES string of the molecule is CC(=O)O[C@@H]1[C@@H]2C[C@H](OC(C)=O)C(C)=C([C@@H](OC(C)=O)[C@H](O)[C@]3(C)CC[C@H](OC(=O)/C=C/c4ccccc4)[C@@]4(CO4)[C@@H]13)C2(C)C. The van der Waals surface area contributed by atoms with Crippen molar-refractivity contribution in [3.05, 3.63) is 53.1 Å². The Kier molecular flexibility index (Phi) is 8.78. The zero-order valence-corrected chi connectivity index (χ0v) is 27.0. The summed E-state index contributed by atoms with van der Waals surface area (Å²) >= 11 is 0. The van der Waals surface area contributed by atoms with E-state index in [1.54, 1.807) is 6.08 Å². The first-order chi connectivity index (χ1) is 21.1. The fraction of sp³-hybridized carbons (Fsp3) is 0.600. The molecule has 1 saturated heterocycles. The quantitative estimate of drug-likeness (QED) is 0.160. The molecule has 0 unspecified atom stereocenters. The van der Waals surface area contributed by atoms with Crippen molar-refractivity contribution in [3.63, 3.8) is 0 Å². The molecule has 45 heavy (non-hydrogen) atoms. The number of hydrogen-bond donors (Lipinski definition) is 1. The van der Waals surface area contributed by atoms with Crippen LogP contribution in [0.1, 0.15) is 73.3 Å².